The van der Waals surface area contributed by atoms with Crippen molar-refractivity contribution in [3.63, 3.8) is 0 Å². The first kappa shape index (κ1) is 26.5. The van der Waals surface area contributed by atoms with Crippen LogP contribution in [0.5, 0.6) is 0 Å². The molecule has 37 heavy (non-hydrogen) atoms. The Bertz CT molecular complexity index is 1180. The van der Waals surface area contributed by atoms with E-state index in [4.69, 9.17) is 18.9 Å². The summed E-state index contributed by atoms with van der Waals surface area (Å²) < 4.78 is 23.5. The molecular formula is C26H25NO9Se. The van der Waals surface area contributed by atoms with Crippen LogP contribution < -0.4 is 4.46 Å². The van der Waals surface area contributed by atoms with E-state index in [9.17, 15) is 24.0 Å². The van der Waals surface area contributed by atoms with E-state index in [1.165, 1.54) is 20.8 Å². The van der Waals surface area contributed by atoms with Gasteiger partial charge in [0.1, 0.15) is 0 Å². The molecule has 1 fully saturated rings. The molecule has 2 amide bonds. The topological polar surface area (TPSA) is 126 Å². The van der Waals surface area contributed by atoms with Crippen molar-refractivity contribution in [2.75, 3.05) is 6.61 Å². The number of esters is 3. The number of nitrogens with zero attached hydrogens (tertiary/aromatic N) is 1. The zero-order valence-corrected chi connectivity index (χ0v) is 22.0. The van der Waals surface area contributed by atoms with Crippen LogP contribution in [0.1, 0.15) is 41.5 Å². The van der Waals surface area contributed by atoms with Gasteiger partial charge in [-0.05, 0) is 0 Å². The quantitative estimate of drug-likeness (QED) is 0.205. The molecule has 2 aromatic rings. The van der Waals surface area contributed by atoms with E-state index in [1.54, 1.807) is 24.3 Å². The Morgan fingerprint density at radius 3 is 1.89 bits per heavy atom. The van der Waals surface area contributed by atoms with Crippen molar-refractivity contribution in [1.82, 2.24) is 4.90 Å². The van der Waals surface area contributed by atoms with Crippen LogP contribution in [0.15, 0.2) is 54.6 Å². The van der Waals surface area contributed by atoms with Crippen molar-refractivity contribution in [3.8, 4) is 0 Å². The van der Waals surface area contributed by atoms with Gasteiger partial charge in [-0.1, -0.05) is 0 Å². The van der Waals surface area contributed by atoms with Gasteiger partial charge in [0, 0.05) is 0 Å². The molecule has 0 aromatic heterocycles. The summed E-state index contributed by atoms with van der Waals surface area (Å²) >= 11 is -0.505. The van der Waals surface area contributed by atoms with E-state index in [0.717, 1.165) is 9.36 Å². The molecule has 0 bridgehead atoms. The zero-order valence-electron chi connectivity index (χ0n) is 20.3. The van der Waals surface area contributed by atoms with Gasteiger partial charge >= 0.3 is 219 Å². The second kappa shape index (κ2) is 11.2. The molecule has 0 saturated carbocycles. The van der Waals surface area contributed by atoms with Crippen LogP contribution in [-0.2, 0) is 33.3 Å². The SMILES string of the molecule is CC(=O)OC[C@H]1O[C@H]([Se]c2ccccc2)[C@H](N2C(=O)c3ccccc3C2=O)[C@@H](OC(C)=O)[C@@H]1OC(C)=O. The van der Waals surface area contributed by atoms with E-state index in [0.29, 0.717) is 0 Å². The molecule has 0 spiro atoms. The Hall–Kier alpha value is -3.53. The summed E-state index contributed by atoms with van der Waals surface area (Å²) in [6, 6.07) is 14.6. The van der Waals surface area contributed by atoms with Gasteiger partial charge in [0.15, 0.2) is 0 Å². The van der Waals surface area contributed by atoms with Gasteiger partial charge < -0.3 is 0 Å². The van der Waals surface area contributed by atoms with Crippen LogP contribution >= 0.6 is 0 Å². The molecule has 194 valence electrons. The Balaban J connectivity index is 1.81. The molecule has 1 saturated heterocycles. The average Bonchev–Trinajstić information content (AvgIpc) is 3.10. The van der Waals surface area contributed by atoms with E-state index in [1.807, 2.05) is 30.3 Å². The molecule has 2 heterocycles. The van der Waals surface area contributed by atoms with Gasteiger partial charge in [0.05, 0.1) is 0 Å². The molecule has 0 aliphatic carbocycles. The van der Waals surface area contributed by atoms with Gasteiger partial charge in [-0.3, -0.25) is 0 Å². The molecular weight excluding hydrogens is 549 g/mol. The second-order valence-electron chi connectivity index (χ2n) is 8.44. The van der Waals surface area contributed by atoms with E-state index in [2.05, 4.69) is 0 Å². The van der Waals surface area contributed by atoms with Gasteiger partial charge in [-0.2, -0.15) is 0 Å². The van der Waals surface area contributed by atoms with Crippen molar-refractivity contribution in [2.24, 2.45) is 0 Å². The Morgan fingerprint density at radius 2 is 1.35 bits per heavy atom. The van der Waals surface area contributed by atoms with Gasteiger partial charge in [-0.25, -0.2) is 0 Å². The molecule has 2 aliphatic rings. The van der Waals surface area contributed by atoms with Crippen LogP contribution in [0.25, 0.3) is 0 Å². The third-order valence-electron chi connectivity index (χ3n) is 5.79. The number of fused-ring (bicyclic) bond motifs is 1. The number of hydrogen-bond acceptors (Lipinski definition) is 9. The predicted octanol–water partition coefficient (Wildman–Crippen LogP) is 0.832. The van der Waals surface area contributed by atoms with Crippen LogP contribution in [0.3, 0.4) is 0 Å². The van der Waals surface area contributed by atoms with Crippen molar-refractivity contribution in [3.05, 3.63) is 65.7 Å². The Morgan fingerprint density at radius 1 is 0.811 bits per heavy atom. The minimum absolute atomic E-state index is 0.214. The maximum absolute atomic E-state index is 13.5. The molecule has 0 radical (unpaired) electrons. The normalized spacial score (nSPS) is 24.8. The Kier molecular flexibility index (Phi) is 8.06. The van der Waals surface area contributed by atoms with Gasteiger partial charge in [0.25, 0.3) is 0 Å². The summed E-state index contributed by atoms with van der Waals surface area (Å²) in [5, 5.41) is -0.825. The van der Waals surface area contributed by atoms with E-state index in [-0.39, 0.29) is 17.7 Å². The maximum atomic E-state index is 13.5. The van der Waals surface area contributed by atoms with E-state index < -0.39 is 74.0 Å². The van der Waals surface area contributed by atoms with Crippen molar-refractivity contribution >= 4 is 49.1 Å². The monoisotopic (exact) mass is 575 g/mol. The number of amides is 2. The van der Waals surface area contributed by atoms with Crippen molar-refractivity contribution in [2.45, 2.75) is 50.1 Å². The molecule has 0 N–H and O–H groups in total. The number of carbonyl (C=O) groups excluding carboxylic acids is 5. The molecule has 5 atom stereocenters. The van der Waals surface area contributed by atoms with Crippen LogP contribution in [0.4, 0.5) is 0 Å². The number of rotatable bonds is 7. The number of ether oxygens (including phenoxy) is 4. The first-order chi connectivity index (χ1) is 17.7. The first-order valence-corrected chi connectivity index (χ1v) is 13.3. The van der Waals surface area contributed by atoms with Crippen molar-refractivity contribution in [1.29, 1.82) is 0 Å². The fourth-order valence-electron chi connectivity index (χ4n) is 4.37. The standard InChI is InChI=1S/C26H25NO9Se/c1-14(28)33-13-20-22(34-15(2)29)23(35-16(3)30)21(26(36-20)37-17-9-5-4-6-10-17)27-24(31)18-11-7-8-12-19(18)25(27)32/h4-12,20-23,26H,13H2,1-3H3/t20-,21-,22-,23-,26-/m1/s1. The zero-order chi connectivity index (χ0) is 26.7. The van der Waals surface area contributed by atoms with Crippen LogP contribution in [0.2, 0.25) is 0 Å². The molecule has 11 heteroatoms. The second-order valence-corrected chi connectivity index (χ2v) is 10.9. The molecule has 10 nitrogen and oxygen atoms in total. The van der Waals surface area contributed by atoms with Gasteiger partial charge in [0.2, 0.25) is 0 Å². The van der Waals surface area contributed by atoms with E-state index >= 15 is 0 Å². The molecule has 0 unspecified atom stereocenters. The number of hydrogen-bond donors (Lipinski definition) is 0. The number of carbonyl (C=O) groups is 5. The summed E-state index contributed by atoms with van der Waals surface area (Å²) in [7, 11) is 0. The fourth-order valence-corrected chi connectivity index (χ4v) is 6.88. The van der Waals surface area contributed by atoms with Gasteiger partial charge in [-0.15, -0.1) is 0 Å². The summed E-state index contributed by atoms with van der Waals surface area (Å²) in [5.41, 5.74) is 0.428. The molecule has 2 aliphatic heterocycles. The summed E-state index contributed by atoms with van der Waals surface area (Å²) in [5.74, 6) is -3.13. The minimum atomic E-state index is -1.27. The first-order valence-electron chi connectivity index (χ1n) is 11.5. The fraction of sp³-hybridized carbons (Fsp3) is 0.346. The Labute approximate surface area is 219 Å². The third kappa shape index (κ3) is 5.74. The average molecular weight is 574 g/mol. The van der Waals surface area contributed by atoms with Crippen LogP contribution in [-0.4, -0.2) is 85.5 Å². The third-order valence-corrected chi connectivity index (χ3v) is 8.24. The van der Waals surface area contributed by atoms with Crippen molar-refractivity contribution < 1.29 is 42.9 Å². The number of imide groups is 1. The molecule has 4 rings (SSSR count). The summed E-state index contributed by atoms with van der Waals surface area (Å²) in [4.78, 5) is 63.9. The molecule has 2 aromatic carbocycles. The summed E-state index contributed by atoms with van der Waals surface area (Å²) in [6.07, 6.45) is -3.54. The predicted molar refractivity (Wildman–Crippen MR) is 129 cm³/mol. The number of benzene rings is 2. The van der Waals surface area contributed by atoms with Crippen LogP contribution in [0, 0.1) is 0 Å². The summed E-state index contributed by atoms with van der Waals surface area (Å²) in [6.45, 7) is 3.28.